The Morgan fingerprint density at radius 1 is 1.26 bits per heavy atom. The Bertz CT molecular complexity index is 411. The third-order valence-corrected chi connectivity index (χ3v) is 3.35. The van der Waals surface area contributed by atoms with Gasteiger partial charge in [0.1, 0.15) is 5.75 Å². The molecular weight excluding hydrogens is 238 g/mol. The molecule has 0 amide bonds. The normalized spacial score (nSPS) is 16.8. The summed E-state index contributed by atoms with van der Waals surface area (Å²) in [5.41, 5.74) is 2.73. The highest BCUT2D eigenvalue weighted by atomic mass is 16.5. The molecule has 2 rings (SSSR count). The first-order chi connectivity index (χ1) is 9.29. The standard InChI is InChI=1S/C16H23NO2/c1-13(9-12-18-2)19-16-5-3-14(4-6-16)15-7-10-17-11-8-15/h3-7,13,17H,8-12H2,1-2H3. The Morgan fingerprint density at radius 2 is 2.05 bits per heavy atom. The molecule has 1 N–H and O–H groups in total. The van der Waals surface area contributed by atoms with E-state index < -0.39 is 0 Å². The molecule has 0 fully saturated rings. The smallest absolute Gasteiger partial charge is 0.119 e. The van der Waals surface area contributed by atoms with E-state index in [1.807, 2.05) is 0 Å². The van der Waals surface area contributed by atoms with Crippen LogP contribution >= 0.6 is 0 Å². The summed E-state index contributed by atoms with van der Waals surface area (Å²) in [5.74, 6) is 0.932. The van der Waals surface area contributed by atoms with Crippen LogP contribution in [0, 0.1) is 0 Å². The molecule has 19 heavy (non-hydrogen) atoms. The van der Waals surface area contributed by atoms with Gasteiger partial charge in [-0.15, -0.1) is 0 Å². The molecule has 1 aliphatic rings. The fraction of sp³-hybridized carbons (Fsp3) is 0.500. The van der Waals surface area contributed by atoms with Crippen molar-refractivity contribution in [3.8, 4) is 5.75 Å². The number of methoxy groups -OCH3 is 1. The van der Waals surface area contributed by atoms with Crippen LogP contribution in [0.2, 0.25) is 0 Å². The molecule has 1 aromatic rings. The molecule has 1 heterocycles. The minimum absolute atomic E-state index is 0.184. The van der Waals surface area contributed by atoms with Crippen LogP contribution in [-0.2, 0) is 4.74 Å². The van der Waals surface area contributed by atoms with Gasteiger partial charge in [-0.1, -0.05) is 18.2 Å². The summed E-state index contributed by atoms with van der Waals surface area (Å²) in [4.78, 5) is 0. The van der Waals surface area contributed by atoms with Gasteiger partial charge in [0.05, 0.1) is 6.10 Å². The van der Waals surface area contributed by atoms with Gasteiger partial charge in [-0.2, -0.15) is 0 Å². The SMILES string of the molecule is COCCC(C)Oc1ccc(C2=CCNCC2)cc1. The van der Waals surface area contributed by atoms with Crippen LogP contribution in [-0.4, -0.2) is 32.9 Å². The molecule has 104 valence electrons. The van der Waals surface area contributed by atoms with Crippen LogP contribution in [0.4, 0.5) is 0 Å². The topological polar surface area (TPSA) is 30.5 Å². The van der Waals surface area contributed by atoms with Crippen molar-refractivity contribution < 1.29 is 9.47 Å². The highest BCUT2D eigenvalue weighted by Crippen LogP contribution is 2.23. The van der Waals surface area contributed by atoms with E-state index in [1.165, 1.54) is 11.1 Å². The second-order valence-electron chi connectivity index (χ2n) is 4.92. The maximum absolute atomic E-state index is 5.85. The number of ether oxygens (including phenoxy) is 2. The molecule has 0 radical (unpaired) electrons. The summed E-state index contributed by atoms with van der Waals surface area (Å²) in [6.07, 6.45) is 4.46. The maximum atomic E-state index is 5.85. The van der Waals surface area contributed by atoms with Crippen molar-refractivity contribution in [1.82, 2.24) is 5.32 Å². The molecule has 3 nitrogen and oxygen atoms in total. The van der Waals surface area contributed by atoms with Gasteiger partial charge < -0.3 is 14.8 Å². The van der Waals surface area contributed by atoms with E-state index >= 15 is 0 Å². The number of benzene rings is 1. The van der Waals surface area contributed by atoms with E-state index in [0.717, 1.165) is 38.3 Å². The lowest BCUT2D eigenvalue weighted by Gasteiger charge is -2.16. The summed E-state index contributed by atoms with van der Waals surface area (Å²) in [7, 11) is 1.72. The van der Waals surface area contributed by atoms with E-state index in [4.69, 9.17) is 9.47 Å². The Hall–Kier alpha value is -1.32. The predicted octanol–water partition coefficient (Wildman–Crippen LogP) is 2.87. The fourth-order valence-electron chi connectivity index (χ4n) is 2.21. The molecule has 1 aromatic carbocycles. The summed E-state index contributed by atoms with van der Waals surface area (Å²) < 4.78 is 10.9. The predicted molar refractivity (Wildman–Crippen MR) is 78.5 cm³/mol. The van der Waals surface area contributed by atoms with Crippen molar-refractivity contribution in [2.75, 3.05) is 26.8 Å². The molecule has 0 saturated heterocycles. The summed E-state index contributed by atoms with van der Waals surface area (Å²) in [5, 5.41) is 3.33. The van der Waals surface area contributed by atoms with Gasteiger partial charge >= 0.3 is 0 Å². The average Bonchev–Trinajstić information content (AvgIpc) is 2.47. The summed E-state index contributed by atoms with van der Waals surface area (Å²) >= 11 is 0. The van der Waals surface area contributed by atoms with E-state index in [0.29, 0.717) is 0 Å². The van der Waals surface area contributed by atoms with Gasteiger partial charge in [0, 0.05) is 26.7 Å². The quantitative estimate of drug-likeness (QED) is 0.854. The zero-order valence-electron chi connectivity index (χ0n) is 11.8. The van der Waals surface area contributed by atoms with Gasteiger partial charge in [0.25, 0.3) is 0 Å². The van der Waals surface area contributed by atoms with Crippen molar-refractivity contribution >= 4 is 5.57 Å². The molecule has 0 bridgehead atoms. The first-order valence-electron chi connectivity index (χ1n) is 6.95. The highest BCUT2D eigenvalue weighted by molar-refractivity contribution is 5.67. The second kappa shape index (κ2) is 7.31. The Kier molecular flexibility index (Phi) is 5.43. The Morgan fingerprint density at radius 3 is 2.68 bits per heavy atom. The Labute approximate surface area is 115 Å². The molecule has 1 atom stereocenters. The van der Waals surface area contributed by atoms with Gasteiger partial charge in [-0.05, 0) is 43.2 Å². The molecule has 0 saturated carbocycles. The van der Waals surface area contributed by atoms with Gasteiger partial charge in [0.2, 0.25) is 0 Å². The minimum atomic E-state index is 0.184. The number of hydrogen-bond acceptors (Lipinski definition) is 3. The third-order valence-electron chi connectivity index (χ3n) is 3.35. The lowest BCUT2D eigenvalue weighted by Crippen LogP contribution is -2.20. The largest absolute Gasteiger partial charge is 0.491 e. The monoisotopic (exact) mass is 261 g/mol. The third kappa shape index (κ3) is 4.37. The zero-order chi connectivity index (χ0) is 13.5. The summed E-state index contributed by atoms with van der Waals surface area (Å²) in [6.45, 7) is 4.85. The lowest BCUT2D eigenvalue weighted by atomic mass is 10.0. The number of nitrogens with one attached hydrogen (secondary N) is 1. The van der Waals surface area contributed by atoms with Crippen molar-refractivity contribution in [3.63, 3.8) is 0 Å². The first-order valence-corrected chi connectivity index (χ1v) is 6.95. The van der Waals surface area contributed by atoms with Crippen molar-refractivity contribution in [1.29, 1.82) is 0 Å². The molecule has 0 spiro atoms. The van der Waals surface area contributed by atoms with Crippen LogP contribution in [0.3, 0.4) is 0 Å². The molecule has 1 unspecified atom stereocenters. The van der Waals surface area contributed by atoms with E-state index in [1.54, 1.807) is 7.11 Å². The molecule has 0 aromatic heterocycles. The Balaban J connectivity index is 1.92. The van der Waals surface area contributed by atoms with Crippen molar-refractivity contribution in [2.45, 2.75) is 25.9 Å². The van der Waals surface area contributed by atoms with Crippen LogP contribution in [0.15, 0.2) is 30.3 Å². The van der Waals surface area contributed by atoms with Crippen LogP contribution in [0.1, 0.15) is 25.3 Å². The van der Waals surface area contributed by atoms with Crippen molar-refractivity contribution in [2.24, 2.45) is 0 Å². The second-order valence-corrected chi connectivity index (χ2v) is 4.92. The first kappa shape index (κ1) is 14.1. The average molecular weight is 261 g/mol. The van der Waals surface area contributed by atoms with Crippen LogP contribution in [0.25, 0.3) is 5.57 Å². The minimum Gasteiger partial charge on any atom is -0.491 e. The number of hydrogen-bond donors (Lipinski definition) is 1. The van der Waals surface area contributed by atoms with Gasteiger partial charge in [-0.3, -0.25) is 0 Å². The maximum Gasteiger partial charge on any atom is 0.119 e. The highest BCUT2D eigenvalue weighted by Gasteiger charge is 2.07. The molecular formula is C16H23NO2. The van der Waals surface area contributed by atoms with Crippen LogP contribution in [0.5, 0.6) is 5.75 Å². The van der Waals surface area contributed by atoms with E-state index in [9.17, 15) is 0 Å². The van der Waals surface area contributed by atoms with Crippen LogP contribution < -0.4 is 10.1 Å². The van der Waals surface area contributed by atoms with Gasteiger partial charge in [0.15, 0.2) is 0 Å². The van der Waals surface area contributed by atoms with Crippen molar-refractivity contribution in [3.05, 3.63) is 35.9 Å². The summed E-state index contributed by atoms with van der Waals surface area (Å²) in [6, 6.07) is 8.41. The van der Waals surface area contributed by atoms with E-state index in [-0.39, 0.29) is 6.10 Å². The fourth-order valence-corrected chi connectivity index (χ4v) is 2.21. The molecule has 0 aliphatic carbocycles. The molecule has 1 aliphatic heterocycles. The lowest BCUT2D eigenvalue weighted by molar-refractivity contribution is 0.135. The van der Waals surface area contributed by atoms with Gasteiger partial charge in [-0.25, -0.2) is 0 Å². The van der Waals surface area contributed by atoms with E-state index in [2.05, 4.69) is 42.6 Å². The zero-order valence-corrected chi connectivity index (χ0v) is 11.8. The molecule has 3 heteroatoms. The number of rotatable bonds is 6.